The van der Waals surface area contributed by atoms with Crippen LogP contribution in [0.15, 0.2) is 46.9 Å². The summed E-state index contributed by atoms with van der Waals surface area (Å²) in [4.78, 5) is 13.7. The zero-order chi connectivity index (χ0) is 14.1. The van der Waals surface area contributed by atoms with Gasteiger partial charge in [-0.05, 0) is 36.4 Å². The zero-order valence-corrected chi connectivity index (χ0v) is 12.0. The summed E-state index contributed by atoms with van der Waals surface area (Å²) in [5.74, 6) is -0.0674. The molecule has 1 aliphatic rings. The predicted molar refractivity (Wildman–Crippen MR) is 80.9 cm³/mol. The molecule has 0 bridgehead atoms. The monoisotopic (exact) mass is 327 g/mol. The lowest BCUT2D eigenvalue weighted by Crippen LogP contribution is -2.35. The van der Waals surface area contributed by atoms with Crippen molar-refractivity contribution in [3.05, 3.63) is 52.5 Å². The van der Waals surface area contributed by atoms with Gasteiger partial charge in [0.1, 0.15) is 6.54 Å². The highest BCUT2D eigenvalue weighted by molar-refractivity contribution is 9.10. The number of nitrogens with zero attached hydrogens (tertiary/aromatic N) is 2. The molecule has 0 aliphatic carbocycles. The second-order valence-corrected chi connectivity index (χ2v) is 5.37. The van der Waals surface area contributed by atoms with Crippen LogP contribution >= 0.6 is 15.9 Å². The number of benzene rings is 2. The quantitative estimate of drug-likeness (QED) is 0.873. The zero-order valence-electron chi connectivity index (χ0n) is 10.4. The topological polar surface area (TPSA) is 56.1 Å². The average molecular weight is 328 g/mol. The fourth-order valence-electron chi connectivity index (χ4n) is 2.23. The summed E-state index contributed by atoms with van der Waals surface area (Å²) >= 11 is 3.44. The normalized spacial score (nSPS) is 13.4. The van der Waals surface area contributed by atoms with Gasteiger partial charge in [0.25, 0.3) is 0 Å². The molecule has 0 radical (unpaired) electrons. The van der Waals surface area contributed by atoms with Crippen molar-refractivity contribution >= 4 is 38.9 Å². The van der Waals surface area contributed by atoms with Crippen LogP contribution in [-0.4, -0.2) is 12.5 Å². The second-order valence-electron chi connectivity index (χ2n) is 4.46. The summed E-state index contributed by atoms with van der Waals surface area (Å²) in [6, 6.07) is 15.0. The number of nitrogens with one attached hydrogen (secondary N) is 1. The molecule has 0 spiro atoms. The van der Waals surface area contributed by atoms with E-state index in [-0.39, 0.29) is 12.5 Å². The van der Waals surface area contributed by atoms with E-state index >= 15 is 0 Å². The SMILES string of the molecule is N#Cc1cccc(N2CC(=O)Nc3ccc(Br)cc32)c1. The number of fused-ring (bicyclic) bond motifs is 1. The number of anilines is 3. The number of nitriles is 1. The molecular weight excluding hydrogens is 318 g/mol. The van der Waals surface area contributed by atoms with Gasteiger partial charge in [0.05, 0.1) is 23.0 Å². The maximum absolute atomic E-state index is 11.8. The third kappa shape index (κ3) is 2.26. The third-order valence-corrected chi connectivity index (χ3v) is 3.61. The van der Waals surface area contributed by atoms with Crippen molar-refractivity contribution in [3.8, 4) is 6.07 Å². The Hall–Kier alpha value is -2.32. The van der Waals surface area contributed by atoms with E-state index < -0.39 is 0 Å². The van der Waals surface area contributed by atoms with Crippen LogP contribution in [0.2, 0.25) is 0 Å². The van der Waals surface area contributed by atoms with E-state index in [1.165, 1.54) is 0 Å². The highest BCUT2D eigenvalue weighted by Gasteiger charge is 2.23. The van der Waals surface area contributed by atoms with Gasteiger partial charge >= 0.3 is 0 Å². The summed E-state index contributed by atoms with van der Waals surface area (Å²) in [5, 5.41) is 11.8. The molecule has 0 unspecified atom stereocenters. The van der Waals surface area contributed by atoms with E-state index in [2.05, 4.69) is 27.3 Å². The number of carbonyl (C=O) groups is 1. The van der Waals surface area contributed by atoms with E-state index in [9.17, 15) is 4.79 Å². The largest absolute Gasteiger partial charge is 0.330 e. The Morgan fingerprint density at radius 3 is 2.90 bits per heavy atom. The molecule has 0 atom stereocenters. The first-order valence-corrected chi connectivity index (χ1v) is 6.84. The lowest BCUT2D eigenvalue weighted by molar-refractivity contribution is -0.115. The fraction of sp³-hybridized carbons (Fsp3) is 0.0667. The van der Waals surface area contributed by atoms with Gasteiger partial charge in [-0.2, -0.15) is 5.26 Å². The Bertz CT molecular complexity index is 736. The van der Waals surface area contributed by atoms with Crippen LogP contribution in [0.3, 0.4) is 0 Å². The Morgan fingerprint density at radius 2 is 2.10 bits per heavy atom. The van der Waals surface area contributed by atoms with Crippen molar-refractivity contribution in [2.45, 2.75) is 0 Å². The summed E-state index contributed by atoms with van der Waals surface area (Å²) in [5.41, 5.74) is 3.09. The van der Waals surface area contributed by atoms with E-state index in [1.807, 2.05) is 35.2 Å². The van der Waals surface area contributed by atoms with Crippen LogP contribution in [0.5, 0.6) is 0 Å². The molecule has 5 heteroatoms. The van der Waals surface area contributed by atoms with Gasteiger partial charge in [0.2, 0.25) is 5.91 Å². The van der Waals surface area contributed by atoms with Crippen molar-refractivity contribution in [1.82, 2.24) is 0 Å². The van der Waals surface area contributed by atoms with Gasteiger partial charge in [0.15, 0.2) is 0 Å². The number of carbonyl (C=O) groups excluding carboxylic acids is 1. The van der Waals surface area contributed by atoms with Gasteiger partial charge in [-0.15, -0.1) is 0 Å². The number of amides is 1. The molecule has 0 aromatic heterocycles. The first-order valence-electron chi connectivity index (χ1n) is 6.04. The minimum absolute atomic E-state index is 0.0674. The Balaban J connectivity index is 2.12. The number of rotatable bonds is 1. The molecular formula is C15H10BrN3O. The van der Waals surface area contributed by atoms with Crippen LogP contribution < -0.4 is 10.2 Å². The lowest BCUT2D eigenvalue weighted by atomic mass is 10.1. The van der Waals surface area contributed by atoms with Crippen LogP contribution in [0.25, 0.3) is 0 Å². The molecule has 0 saturated heterocycles. The van der Waals surface area contributed by atoms with Crippen molar-refractivity contribution in [1.29, 1.82) is 5.26 Å². The maximum atomic E-state index is 11.8. The van der Waals surface area contributed by atoms with E-state index in [0.717, 1.165) is 21.5 Å². The van der Waals surface area contributed by atoms with Crippen molar-refractivity contribution in [2.75, 3.05) is 16.8 Å². The molecule has 1 amide bonds. The van der Waals surface area contributed by atoms with Crippen LogP contribution in [0, 0.1) is 11.3 Å². The standard InChI is InChI=1S/C15H10BrN3O/c16-11-4-5-13-14(7-11)19(9-15(20)18-13)12-3-1-2-10(6-12)8-17/h1-7H,9H2,(H,18,20). The smallest absolute Gasteiger partial charge is 0.244 e. The van der Waals surface area contributed by atoms with Gasteiger partial charge in [-0.1, -0.05) is 22.0 Å². The first kappa shape index (κ1) is 12.7. The van der Waals surface area contributed by atoms with Crippen LogP contribution in [0.4, 0.5) is 17.1 Å². The minimum Gasteiger partial charge on any atom is -0.330 e. The molecule has 98 valence electrons. The summed E-state index contributed by atoms with van der Waals surface area (Å²) in [6.45, 7) is 0.234. The van der Waals surface area contributed by atoms with Crippen molar-refractivity contribution in [3.63, 3.8) is 0 Å². The second kappa shape index (κ2) is 4.99. The lowest BCUT2D eigenvalue weighted by Gasteiger charge is -2.31. The Kier molecular flexibility index (Phi) is 3.17. The van der Waals surface area contributed by atoms with Gasteiger partial charge < -0.3 is 10.2 Å². The molecule has 2 aromatic rings. The van der Waals surface area contributed by atoms with Crippen LogP contribution in [0.1, 0.15) is 5.56 Å². The number of halogens is 1. The first-order chi connectivity index (χ1) is 9.67. The summed E-state index contributed by atoms with van der Waals surface area (Å²) in [7, 11) is 0. The Morgan fingerprint density at radius 1 is 1.25 bits per heavy atom. The summed E-state index contributed by atoms with van der Waals surface area (Å²) < 4.78 is 0.939. The van der Waals surface area contributed by atoms with E-state index in [4.69, 9.17) is 5.26 Å². The number of hydrogen-bond donors (Lipinski definition) is 1. The number of hydrogen-bond acceptors (Lipinski definition) is 3. The van der Waals surface area contributed by atoms with Crippen LogP contribution in [-0.2, 0) is 4.79 Å². The van der Waals surface area contributed by atoms with E-state index in [1.54, 1.807) is 12.1 Å². The van der Waals surface area contributed by atoms with Gasteiger partial charge in [-0.3, -0.25) is 4.79 Å². The van der Waals surface area contributed by atoms with Gasteiger partial charge in [0, 0.05) is 10.2 Å². The molecule has 1 N–H and O–H groups in total. The fourth-order valence-corrected chi connectivity index (χ4v) is 2.58. The maximum Gasteiger partial charge on any atom is 0.244 e. The molecule has 4 nitrogen and oxygen atoms in total. The molecule has 3 rings (SSSR count). The van der Waals surface area contributed by atoms with Crippen molar-refractivity contribution < 1.29 is 4.79 Å². The third-order valence-electron chi connectivity index (χ3n) is 3.11. The predicted octanol–water partition coefficient (Wildman–Crippen LogP) is 3.41. The molecule has 1 heterocycles. The van der Waals surface area contributed by atoms with E-state index in [0.29, 0.717) is 5.56 Å². The molecule has 2 aromatic carbocycles. The average Bonchev–Trinajstić information content (AvgIpc) is 2.47. The van der Waals surface area contributed by atoms with Crippen molar-refractivity contribution in [2.24, 2.45) is 0 Å². The Labute approximate surface area is 124 Å². The molecule has 0 fully saturated rings. The molecule has 1 aliphatic heterocycles. The summed E-state index contributed by atoms with van der Waals surface area (Å²) in [6.07, 6.45) is 0. The molecule has 20 heavy (non-hydrogen) atoms. The minimum atomic E-state index is -0.0674. The highest BCUT2D eigenvalue weighted by Crippen LogP contribution is 2.37. The van der Waals surface area contributed by atoms with Gasteiger partial charge in [-0.25, -0.2) is 0 Å². The highest BCUT2D eigenvalue weighted by atomic mass is 79.9. The molecule has 0 saturated carbocycles.